The third-order valence-corrected chi connectivity index (χ3v) is 2.56. The Balaban J connectivity index is 2.84. The average Bonchev–Trinajstić information content (AvgIpc) is 2.38. The van der Waals surface area contributed by atoms with Gasteiger partial charge in [-0.2, -0.15) is 0 Å². The van der Waals surface area contributed by atoms with Gasteiger partial charge in [-0.1, -0.05) is 0 Å². The quantitative estimate of drug-likeness (QED) is 0.772. The number of nitrogens with one attached hydrogen (secondary N) is 2. The Bertz CT molecular complexity index is 505. The van der Waals surface area contributed by atoms with Gasteiger partial charge in [-0.25, -0.2) is 9.18 Å². The van der Waals surface area contributed by atoms with Crippen LogP contribution in [0.1, 0.15) is 25.5 Å². The molecule has 0 saturated carbocycles. The summed E-state index contributed by atoms with van der Waals surface area (Å²) in [5, 5.41) is 13.8. The number of hydrogen-bond donors (Lipinski definition) is 3. The minimum Gasteiger partial charge on any atom is -0.480 e. The summed E-state index contributed by atoms with van der Waals surface area (Å²) in [6, 6.07) is 2.97. The van der Waals surface area contributed by atoms with Gasteiger partial charge in [-0.3, -0.25) is 10.1 Å². The van der Waals surface area contributed by atoms with Gasteiger partial charge in [0.2, 0.25) is 0 Å². The van der Waals surface area contributed by atoms with Crippen LogP contribution in [0.25, 0.3) is 0 Å². The summed E-state index contributed by atoms with van der Waals surface area (Å²) in [5.41, 5.74) is 0.353. The highest BCUT2D eigenvalue weighted by molar-refractivity contribution is 5.96. The fourth-order valence-corrected chi connectivity index (χ4v) is 1.48. The first-order chi connectivity index (χ1) is 9.35. The molecule has 0 radical (unpaired) electrons. The number of amides is 3. The van der Waals surface area contributed by atoms with Crippen molar-refractivity contribution in [2.75, 3.05) is 7.05 Å². The van der Waals surface area contributed by atoms with Crippen molar-refractivity contribution in [2.45, 2.75) is 26.1 Å². The molecule has 0 saturated heterocycles. The van der Waals surface area contributed by atoms with Crippen molar-refractivity contribution in [1.82, 2.24) is 10.6 Å². The van der Waals surface area contributed by atoms with Crippen molar-refractivity contribution in [3.63, 3.8) is 0 Å². The standard InChI is InChI=1S/C13H17FN2O4/c1-7(17)10-5-4-9(14)6-11(10)20-8(2)12(18)16-13(19)15-3/h4-8,17H,1-3H3,(H2,15,16,18,19)/t7-,8?/m0/s1. The number of imide groups is 1. The highest BCUT2D eigenvalue weighted by atomic mass is 19.1. The van der Waals surface area contributed by atoms with Gasteiger partial charge in [-0.15, -0.1) is 0 Å². The molecule has 1 aromatic carbocycles. The summed E-state index contributed by atoms with van der Waals surface area (Å²) in [6.07, 6.45) is -1.90. The van der Waals surface area contributed by atoms with Crippen LogP contribution in [0, 0.1) is 5.82 Å². The van der Waals surface area contributed by atoms with Crippen LogP contribution in [0.5, 0.6) is 5.75 Å². The summed E-state index contributed by atoms with van der Waals surface area (Å²) in [4.78, 5) is 22.6. The van der Waals surface area contributed by atoms with Gasteiger partial charge < -0.3 is 15.2 Å². The molecule has 2 atom stereocenters. The zero-order valence-corrected chi connectivity index (χ0v) is 11.4. The molecule has 20 heavy (non-hydrogen) atoms. The van der Waals surface area contributed by atoms with Crippen LogP contribution in [0.15, 0.2) is 18.2 Å². The molecular formula is C13H17FN2O4. The van der Waals surface area contributed by atoms with Crippen molar-refractivity contribution in [1.29, 1.82) is 0 Å². The van der Waals surface area contributed by atoms with Crippen LogP contribution >= 0.6 is 0 Å². The molecule has 1 aromatic rings. The minimum atomic E-state index is -1.02. The van der Waals surface area contributed by atoms with E-state index in [1.54, 1.807) is 0 Å². The number of carbonyl (C=O) groups excluding carboxylic acids is 2. The summed E-state index contributed by atoms with van der Waals surface area (Å²) >= 11 is 0. The molecule has 3 N–H and O–H groups in total. The zero-order valence-electron chi connectivity index (χ0n) is 11.4. The van der Waals surface area contributed by atoms with E-state index in [1.807, 2.05) is 5.32 Å². The molecule has 0 aliphatic heterocycles. The SMILES string of the molecule is CNC(=O)NC(=O)C(C)Oc1cc(F)ccc1[C@H](C)O. The molecule has 1 unspecified atom stereocenters. The van der Waals surface area contributed by atoms with E-state index in [-0.39, 0.29) is 5.75 Å². The zero-order chi connectivity index (χ0) is 15.3. The maximum absolute atomic E-state index is 13.2. The van der Waals surface area contributed by atoms with E-state index in [0.29, 0.717) is 5.56 Å². The lowest BCUT2D eigenvalue weighted by molar-refractivity contribution is -0.126. The Labute approximate surface area is 115 Å². The van der Waals surface area contributed by atoms with Crippen LogP contribution in [0.2, 0.25) is 0 Å². The van der Waals surface area contributed by atoms with Crippen molar-refractivity contribution in [2.24, 2.45) is 0 Å². The van der Waals surface area contributed by atoms with E-state index < -0.39 is 30.0 Å². The van der Waals surface area contributed by atoms with Crippen molar-refractivity contribution < 1.29 is 23.8 Å². The largest absolute Gasteiger partial charge is 0.480 e. The second kappa shape index (κ2) is 6.85. The monoisotopic (exact) mass is 284 g/mol. The molecule has 0 fully saturated rings. The van der Waals surface area contributed by atoms with Gasteiger partial charge in [0, 0.05) is 18.7 Å². The first kappa shape index (κ1) is 15.9. The molecule has 6 nitrogen and oxygen atoms in total. The molecule has 0 spiro atoms. The van der Waals surface area contributed by atoms with Gasteiger partial charge in [0.1, 0.15) is 11.6 Å². The lowest BCUT2D eigenvalue weighted by atomic mass is 10.1. The Morgan fingerprint density at radius 1 is 1.35 bits per heavy atom. The number of aliphatic hydroxyl groups excluding tert-OH is 1. The second-order valence-corrected chi connectivity index (χ2v) is 4.19. The Kier molecular flexibility index (Phi) is 5.45. The number of benzene rings is 1. The maximum Gasteiger partial charge on any atom is 0.321 e. The molecule has 1 rings (SSSR count). The van der Waals surface area contributed by atoms with Crippen molar-refractivity contribution in [3.8, 4) is 5.75 Å². The minimum absolute atomic E-state index is 0.0551. The number of carbonyl (C=O) groups is 2. The summed E-state index contributed by atoms with van der Waals surface area (Å²) in [5.74, 6) is -1.17. The maximum atomic E-state index is 13.2. The number of ether oxygens (including phenoxy) is 1. The van der Waals surface area contributed by atoms with Crippen molar-refractivity contribution in [3.05, 3.63) is 29.6 Å². The third kappa shape index (κ3) is 4.20. The fourth-order valence-electron chi connectivity index (χ4n) is 1.48. The summed E-state index contributed by atoms with van der Waals surface area (Å²) < 4.78 is 18.5. The van der Waals surface area contributed by atoms with Crippen LogP contribution in [0.4, 0.5) is 9.18 Å². The van der Waals surface area contributed by atoms with Gasteiger partial charge in [0.05, 0.1) is 6.10 Å². The normalized spacial score (nSPS) is 13.2. The van der Waals surface area contributed by atoms with Gasteiger partial charge in [0.25, 0.3) is 5.91 Å². The Hall–Kier alpha value is -2.15. The fraction of sp³-hybridized carbons (Fsp3) is 0.385. The van der Waals surface area contributed by atoms with Crippen LogP contribution in [-0.4, -0.2) is 30.2 Å². The topological polar surface area (TPSA) is 87.7 Å². The lowest BCUT2D eigenvalue weighted by Gasteiger charge is -2.18. The van der Waals surface area contributed by atoms with Crippen molar-refractivity contribution >= 4 is 11.9 Å². The summed E-state index contributed by atoms with van der Waals surface area (Å²) in [6.45, 7) is 2.91. The van der Waals surface area contributed by atoms with E-state index >= 15 is 0 Å². The Morgan fingerprint density at radius 2 is 2.00 bits per heavy atom. The predicted octanol–water partition coefficient (Wildman–Crippen LogP) is 1.10. The van der Waals surface area contributed by atoms with Gasteiger partial charge >= 0.3 is 6.03 Å². The van der Waals surface area contributed by atoms with E-state index in [1.165, 1.54) is 33.0 Å². The molecule has 0 heterocycles. The second-order valence-electron chi connectivity index (χ2n) is 4.19. The number of urea groups is 1. The smallest absolute Gasteiger partial charge is 0.321 e. The van der Waals surface area contributed by atoms with Gasteiger partial charge in [0.15, 0.2) is 6.10 Å². The highest BCUT2D eigenvalue weighted by Crippen LogP contribution is 2.26. The number of rotatable bonds is 4. The van der Waals surface area contributed by atoms with E-state index in [9.17, 15) is 19.1 Å². The molecular weight excluding hydrogens is 267 g/mol. The number of aliphatic hydroxyl groups is 1. The molecule has 0 aliphatic rings. The predicted molar refractivity (Wildman–Crippen MR) is 69.7 cm³/mol. The highest BCUT2D eigenvalue weighted by Gasteiger charge is 2.19. The molecule has 0 aliphatic carbocycles. The third-order valence-electron chi connectivity index (χ3n) is 2.56. The van der Waals surface area contributed by atoms with Crippen LogP contribution in [-0.2, 0) is 4.79 Å². The lowest BCUT2D eigenvalue weighted by Crippen LogP contribution is -2.44. The van der Waals surface area contributed by atoms with E-state index in [0.717, 1.165) is 6.07 Å². The molecule has 0 aromatic heterocycles. The van der Waals surface area contributed by atoms with Crippen LogP contribution in [0.3, 0.4) is 0 Å². The number of hydrogen-bond acceptors (Lipinski definition) is 4. The average molecular weight is 284 g/mol. The van der Waals surface area contributed by atoms with E-state index in [2.05, 4.69) is 5.32 Å². The van der Waals surface area contributed by atoms with Crippen LogP contribution < -0.4 is 15.4 Å². The molecule has 7 heteroatoms. The van der Waals surface area contributed by atoms with Gasteiger partial charge in [-0.05, 0) is 26.0 Å². The first-order valence-corrected chi connectivity index (χ1v) is 6.02. The number of halogens is 1. The molecule has 3 amide bonds. The molecule has 0 bridgehead atoms. The Morgan fingerprint density at radius 3 is 2.55 bits per heavy atom. The van der Waals surface area contributed by atoms with E-state index in [4.69, 9.17) is 4.74 Å². The first-order valence-electron chi connectivity index (χ1n) is 6.02. The molecule has 110 valence electrons. The summed E-state index contributed by atoms with van der Waals surface area (Å²) in [7, 11) is 1.37.